The molecule has 0 aliphatic carbocycles. The highest BCUT2D eigenvalue weighted by atomic mass is 16.5. The van der Waals surface area contributed by atoms with Crippen LogP contribution in [0.2, 0.25) is 0 Å². The van der Waals surface area contributed by atoms with Crippen molar-refractivity contribution in [2.75, 3.05) is 39.9 Å². The van der Waals surface area contributed by atoms with E-state index in [2.05, 4.69) is 9.97 Å². The average Bonchev–Trinajstić information content (AvgIpc) is 2.89. The normalized spacial score (nSPS) is 20.3. The fourth-order valence-corrected chi connectivity index (χ4v) is 3.48. The van der Waals surface area contributed by atoms with E-state index < -0.39 is 0 Å². The predicted molar refractivity (Wildman–Crippen MR) is 82.7 cm³/mol. The topological polar surface area (TPSA) is 75.6 Å². The van der Waals surface area contributed by atoms with Crippen LogP contribution in [0.5, 0.6) is 0 Å². The molecule has 23 heavy (non-hydrogen) atoms. The third-order valence-electron chi connectivity index (χ3n) is 4.86. The van der Waals surface area contributed by atoms with Crippen LogP contribution >= 0.6 is 0 Å². The Bertz CT molecular complexity index is 570. The zero-order valence-corrected chi connectivity index (χ0v) is 13.4. The molecule has 0 radical (unpaired) electrons. The van der Waals surface area contributed by atoms with Gasteiger partial charge >= 0.3 is 0 Å². The molecule has 3 heterocycles. The lowest BCUT2D eigenvalue weighted by molar-refractivity contribution is -0.128. The molecule has 124 valence electrons. The van der Waals surface area contributed by atoms with Gasteiger partial charge in [0.05, 0.1) is 12.8 Å². The van der Waals surface area contributed by atoms with Crippen LogP contribution in [-0.2, 0) is 9.53 Å². The summed E-state index contributed by atoms with van der Waals surface area (Å²) in [6.07, 6.45) is 6.88. The van der Waals surface area contributed by atoms with Gasteiger partial charge in [0.15, 0.2) is 0 Å². The van der Waals surface area contributed by atoms with E-state index in [0.717, 1.165) is 19.4 Å². The summed E-state index contributed by atoms with van der Waals surface area (Å²) in [5.41, 5.74) is 0.400. The van der Waals surface area contributed by atoms with Crippen molar-refractivity contribution in [3.63, 3.8) is 0 Å². The molecule has 2 aliphatic heterocycles. The summed E-state index contributed by atoms with van der Waals surface area (Å²) in [5, 5.41) is 0. The van der Waals surface area contributed by atoms with Crippen LogP contribution < -0.4 is 0 Å². The van der Waals surface area contributed by atoms with E-state index in [0.29, 0.717) is 38.4 Å². The van der Waals surface area contributed by atoms with E-state index in [4.69, 9.17) is 4.74 Å². The van der Waals surface area contributed by atoms with Crippen LogP contribution in [-0.4, -0.2) is 71.5 Å². The zero-order chi connectivity index (χ0) is 16.3. The van der Waals surface area contributed by atoms with Crippen LogP contribution in [0.25, 0.3) is 0 Å². The summed E-state index contributed by atoms with van der Waals surface area (Å²) in [5.74, 6) is 0.129. The summed E-state index contributed by atoms with van der Waals surface area (Å²) in [6, 6.07) is 0. The fourth-order valence-electron chi connectivity index (χ4n) is 3.48. The Kier molecular flexibility index (Phi) is 4.56. The summed E-state index contributed by atoms with van der Waals surface area (Å²) in [7, 11) is 1.65. The maximum atomic E-state index is 12.4. The molecular formula is C16H22N4O3. The van der Waals surface area contributed by atoms with Crippen molar-refractivity contribution in [1.82, 2.24) is 19.8 Å². The monoisotopic (exact) mass is 318 g/mol. The van der Waals surface area contributed by atoms with Gasteiger partial charge in [-0.05, 0) is 12.8 Å². The van der Waals surface area contributed by atoms with E-state index in [9.17, 15) is 9.59 Å². The third kappa shape index (κ3) is 3.34. The van der Waals surface area contributed by atoms with Gasteiger partial charge in [0, 0.05) is 57.5 Å². The van der Waals surface area contributed by atoms with E-state index in [1.54, 1.807) is 13.3 Å². The van der Waals surface area contributed by atoms with Gasteiger partial charge in [-0.3, -0.25) is 14.6 Å². The summed E-state index contributed by atoms with van der Waals surface area (Å²) >= 11 is 0. The molecule has 0 bridgehead atoms. The van der Waals surface area contributed by atoms with Gasteiger partial charge in [-0.25, -0.2) is 4.98 Å². The minimum atomic E-state index is -0.0755. The smallest absolute Gasteiger partial charge is 0.274 e. The van der Waals surface area contributed by atoms with Crippen molar-refractivity contribution in [1.29, 1.82) is 0 Å². The number of likely N-dealkylation sites (tertiary alicyclic amines) is 2. The molecule has 2 saturated heterocycles. The Labute approximate surface area is 135 Å². The van der Waals surface area contributed by atoms with Crippen LogP contribution in [0.3, 0.4) is 0 Å². The highest BCUT2D eigenvalue weighted by molar-refractivity contribution is 5.92. The molecule has 1 aromatic heterocycles. The lowest BCUT2D eigenvalue weighted by Gasteiger charge is -2.38. The van der Waals surface area contributed by atoms with Gasteiger partial charge in [0.25, 0.3) is 5.91 Å². The Balaban J connectivity index is 1.58. The fraction of sp³-hybridized carbons (Fsp3) is 0.625. The number of aromatic nitrogens is 2. The SMILES string of the molecule is COCCN1CC2(CCN(C(=O)c3cnccn3)CC2)CC1=O. The number of hydrogen-bond acceptors (Lipinski definition) is 5. The minimum Gasteiger partial charge on any atom is -0.383 e. The van der Waals surface area contributed by atoms with E-state index >= 15 is 0 Å². The molecule has 7 heteroatoms. The molecule has 2 fully saturated rings. The molecule has 0 atom stereocenters. The van der Waals surface area contributed by atoms with Gasteiger partial charge < -0.3 is 14.5 Å². The van der Waals surface area contributed by atoms with Crippen molar-refractivity contribution in [3.05, 3.63) is 24.3 Å². The Morgan fingerprint density at radius 3 is 2.78 bits per heavy atom. The number of rotatable bonds is 4. The largest absolute Gasteiger partial charge is 0.383 e. The van der Waals surface area contributed by atoms with Crippen molar-refractivity contribution < 1.29 is 14.3 Å². The van der Waals surface area contributed by atoms with Gasteiger partial charge in [-0.15, -0.1) is 0 Å². The van der Waals surface area contributed by atoms with Crippen LogP contribution in [0.1, 0.15) is 29.8 Å². The summed E-state index contributed by atoms with van der Waals surface area (Å²) in [6.45, 7) is 3.34. The predicted octanol–water partition coefficient (Wildman–Crippen LogP) is 0.578. The van der Waals surface area contributed by atoms with Crippen molar-refractivity contribution in [2.24, 2.45) is 5.41 Å². The Morgan fingerprint density at radius 1 is 1.35 bits per heavy atom. The summed E-state index contributed by atoms with van der Waals surface area (Å²) in [4.78, 5) is 36.3. The van der Waals surface area contributed by atoms with Crippen LogP contribution in [0, 0.1) is 5.41 Å². The van der Waals surface area contributed by atoms with Gasteiger partial charge in [-0.1, -0.05) is 0 Å². The molecule has 1 aromatic rings. The van der Waals surface area contributed by atoms with Crippen molar-refractivity contribution >= 4 is 11.8 Å². The number of ether oxygens (including phenoxy) is 1. The van der Waals surface area contributed by atoms with Crippen molar-refractivity contribution in [3.8, 4) is 0 Å². The third-order valence-corrected chi connectivity index (χ3v) is 4.86. The molecule has 1 spiro atoms. The second-order valence-electron chi connectivity index (χ2n) is 6.37. The molecule has 0 aromatic carbocycles. The number of carbonyl (C=O) groups is 2. The quantitative estimate of drug-likeness (QED) is 0.811. The van der Waals surface area contributed by atoms with E-state index in [1.807, 2.05) is 9.80 Å². The number of carbonyl (C=O) groups excluding carboxylic acids is 2. The van der Waals surface area contributed by atoms with Crippen LogP contribution in [0.4, 0.5) is 0 Å². The number of nitrogens with zero attached hydrogens (tertiary/aromatic N) is 4. The first-order valence-corrected chi connectivity index (χ1v) is 7.96. The molecule has 0 N–H and O–H groups in total. The molecule has 0 unspecified atom stereocenters. The van der Waals surface area contributed by atoms with Gasteiger partial charge in [0.2, 0.25) is 5.91 Å². The molecule has 2 aliphatic rings. The average molecular weight is 318 g/mol. The molecule has 0 saturated carbocycles. The number of hydrogen-bond donors (Lipinski definition) is 0. The number of amides is 2. The first kappa shape index (κ1) is 15.9. The highest BCUT2D eigenvalue weighted by Crippen LogP contribution is 2.41. The van der Waals surface area contributed by atoms with E-state index in [-0.39, 0.29) is 17.2 Å². The molecule has 7 nitrogen and oxygen atoms in total. The second kappa shape index (κ2) is 6.62. The summed E-state index contributed by atoms with van der Waals surface area (Å²) < 4.78 is 5.07. The first-order valence-electron chi connectivity index (χ1n) is 7.96. The van der Waals surface area contributed by atoms with Crippen molar-refractivity contribution in [2.45, 2.75) is 19.3 Å². The molecular weight excluding hydrogens is 296 g/mol. The first-order chi connectivity index (χ1) is 11.1. The lowest BCUT2D eigenvalue weighted by Crippen LogP contribution is -2.44. The Morgan fingerprint density at radius 2 is 2.13 bits per heavy atom. The highest BCUT2D eigenvalue weighted by Gasteiger charge is 2.45. The number of methoxy groups -OCH3 is 1. The van der Waals surface area contributed by atoms with Crippen LogP contribution in [0.15, 0.2) is 18.6 Å². The number of piperidine rings is 1. The molecule has 2 amide bonds. The maximum Gasteiger partial charge on any atom is 0.274 e. The van der Waals surface area contributed by atoms with Gasteiger partial charge in [0.1, 0.15) is 5.69 Å². The minimum absolute atomic E-state index is 0.0178. The standard InChI is InChI=1S/C16H22N4O3/c1-23-9-8-20-12-16(10-14(20)21)2-6-19(7-3-16)15(22)13-11-17-4-5-18-13/h4-5,11H,2-3,6-10,12H2,1H3. The molecule has 3 rings (SSSR count). The van der Waals surface area contributed by atoms with Gasteiger partial charge in [-0.2, -0.15) is 0 Å². The zero-order valence-electron chi connectivity index (χ0n) is 13.4. The Hall–Kier alpha value is -2.02. The lowest BCUT2D eigenvalue weighted by atomic mass is 9.77. The maximum absolute atomic E-state index is 12.4. The van der Waals surface area contributed by atoms with E-state index in [1.165, 1.54) is 12.4 Å². The second-order valence-corrected chi connectivity index (χ2v) is 6.37.